The Morgan fingerprint density at radius 3 is 2.56 bits per heavy atom. The fourth-order valence-electron chi connectivity index (χ4n) is 3.02. The molecule has 0 radical (unpaired) electrons. The highest BCUT2D eigenvalue weighted by Crippen LogP contribution is 2.19. The van der Waals surface area contributed by atoms with Gasteiger partial charge in [-0.15, -0.1) is 5.10 Å². The molecule has 0 saturated heterocycles. The van der Waals surface area contributed by atoms with Crippen molar-refractivity contribution >= 4 is 5.91 Å². The number of pyridine rings is 1. The molecule has 0 spiro atoms. The monoisotopic (exact) mass is 365 g/mol. The van der Waals surface area contributed by atoms with Crippen LogP contribution in [0.15, 0.2) is 59.5 Å². The van der Waals surface area contributed by atoms with E-state index >= 15 is 0 Å². The van der Waals surface area contributed by atoms with Crippen LogP contribution in [0.25, 0.3) is 11.5 Å². The Bertz CT molecular complexity index is 948. The van der Waals surface area contributed by atoms with Crippen LogP contribution >= 0.6 is 0 Å². The number of carbonyl (C=O) groups excluding carboxylic acids is 1. The first-order chi connectivity index (χ1) is 13.1. The summed E-state index contributed by atoms with van der Waals surface area (Å²) in [6.45, 7) is 2.62. The van der Waals surface area contributed by atoms with Gasteiger partial charge in [-0.05, 0) is 24.1 Å². The minimum absolute atomic E-state index is 0.0439. The molecule has 0 bridgehead atoms. The summed E-state index contributed by atoms with van der Waals surface area (Å²) in [5.41, 5.74) is 1.39. The maximum absolute atomic E-state index is 12.5. The van der Waals surface area contributed by atoms with Crippen LogP contribution in [0.4, 0.5) is 0 Å². The first-order valence-corrected chi connectivity index (χ1v) is 8.99. The highest BCUT2D eigenvalue weighted by Gasteiger charge is 2.18. The lowest BCUT2D eigenvalue weighted by Gasteiger charge is -2.15. The van der Waals surface area contributed by atoms with E-state index in [4.69, 9.17) is 0 Å². The largest absolute Gasteiger partial charge is 0.354 e. The standard InChI is InChI=1S/C20H23N5O2/c1-3-16(15-9-5-4-6-10-15)19(26)22-13-14-25-20(27)24(2)18(23-25)17-11-7-8-12-21-17/h4-12,16H,3,13-14H2,1-2H3,(H,22,26). The molecule has 3 rings (SSSR count). The molecule has 0 aliphatic heterocycles. The predicted octanol–water partition coefficient (Wildman–Crippen LogP) is 1.95. The molecule has 7 heteroatoms. The zero-order valence-corrected chi connectivity index (χ0v) is 15.5. The van der Waals surface area contributed by atoms with E-state index in [-0.39, 0.29) is 17.5 Å². The number of nitrogens with one attached hydrogen (secondary N) is 1. The SMILES string of the molecule is CCC(C(=O)NCCn1nc(-c2ccccn2)n(C)c1=O)c1ccccc1. The second-order valence-electron chi connectivity index (χ2n) is 6.27. The lowest BCUT2D eigenvalue weighted by Crippen LogP contribution is -2.34. The van der Waals surface area contributed by atoms with E-state index in [9.17, 15) is 9.59 Å². The second-order valence-corrected chi connectivity index (χ2v) is 6.27. The fourth-order valence-corrected chi connectivity index (χ4v) is 3.02. The van der Waals surface area contributed by atoms with Gasteiger partial charge in [0.05, 0.1) is 12.5 Å². The number of hydrogen-bond donors (Lipinski definition) is 1. The van der Waals surface area contributed by atoms with Crippen molar-refractivity contribution in [3.63, 3.8) is 0 Å². The Hall–Kier alpha value is -3.22. The van der Waals surface area contributed by atoms with E-state index in [1.165, 1.54) is 9.25 Å². The molecule has 2 aromatic heterocycles. The lowest BCUT2D eigenvalue weighted by molar-refractivity contribution is -0.122. The van der Waals surface area contributed by atoms with Crippen LogP contribution in [-0.4, -0.2) is 31.8 Å². The van der Waals surface area contributed by atoms with Crippen molar-refractivity contribution in [1.29, 1.82) is 0 Å². The third-order valence-electron chi connectivity index (χ3n) is 4.48. The first-order valence-electron chi connectivity index (χ1n) is 8.99. The second kappa shape index (κ2) is 8.44. The van der Waals surface area contributed by atoms with Gasteiger partial charge < -0.3 is 5.32 Å². The van der Waals surface area contributed by atoms with E-state index < -0.39 is 0 Å². The van der Waals surface area contributed by atoms with E-state index in [1.807, 2.05) is 49.4 Å². The summed E-state index contributed by atoms with van der Waals surface area (Å²) in [6, 6.07) is 15.2. The van der Waals surface area contributed by atoms with E-state index in [0.29, 0.717) is 31.0 Å². The quantitative estimate of drug-likeness (QED) is 0.694. The van der Waals surface area contributed by atoms with E-state index in [1.54, 1.807) is 19.3 Å². The number of amides is 1. The van der Waals surface area contributed by atoms with Gasteiger partial charge in [0.2, 0.25) is 5.91 Å². The van der Waals surface area contributed by atoms with Crippen molar-refractivity contribution in [2.75, 3.05) is 6.54 Å². The van der Waals surface area contributed by atoms with Crippen molar-refractivity contribution in [2.24, 2.45) is 7.05 Å². The molecule has 1 N–H and O–H groups in total. The zero-order chi connectivity index (χ0) is 19.2. The van der Waals surface area contributed by atoms with Gasteiger partial charge in [-0.2, -0.15) is 0 Å². The summed E-state index contributed by atoms with van der Waals surface area (Å²) >= 11 is 0. The normalized spacial score (nSPS) is 11.9. The molecule has 0 aliphatic rings. The summed E-state index contributed by atoms with van der Waals surface area (Å²) in [5.74, 6) is 0.260. The number of hydrogen-bond acceptors (Lipinski definition) is 4. The van der Waals surface area contributed by atoms with Crippen LogP contribution in [0.1, 0.15) is 24.8 Å². The summed E-state index contributed by atoms with van der Waals surface area (Å²) in [6.07, 6.45) is 2.37. The third-order valence-corrected chi connectivity index (χ3v) is 4.48. The van der Waals surface area contributed by atoms with Gasteiger partial charge in [0.1, 0.15) is 5.69 Å². The van der Waals surface area contributed by atoms with Crippen molar-refractivity contribution < 1.29 is 4.79 Å². The van der Waals surface area contributed by atoms with Crippen molar-refractivity contribution in [3.8, 4) is 11.5 Å². The predicted molar refractivity (Wildman–Crippen MR) is 103 cm³/mol. The average molecular weight is 365 g/mol. The summed E-state index contributed by atoms with van der Waals surface area (Å²) in [7, 11) is 1.66. The first kappa shape index (κ1) is 18.6. The topological polar surface area (TPSA) is 81.8 Å². The van der Waals surface area contributed by atoms with Gasteiger partial charge in [0.25, 0.3) is 0 Å². The van der Waals surface area contributed by atoms with Gasteiger partial charge in [-0.3, -0.25) is 14.3 Å². The molecule has 0 saturated carbocycles. The molecule has 2 heterocycles. The maximum Gasteiger partial charge on any atom is 0.346 e. The van der Waals surface area contributed by atoms with Gasteiger partial charge in [0.15, 0.2) is 5.82 Å². The minimum atomic E-state index is -0.236. The van der Waals surface area contributed by atoms with Crippen LogP contribution in [0, 0.1) is 0 Å². The molecule has 1 amide bonds. The molecule has 3 aromatic rings. The van der Waals surface area contributed by atoms with Crippen molar-refractivity contribution in [1.82, 2.24) is 24.6 Å². The van der Waals surface area contributed by atoms with E-state index in [0.717, 1.165) is 5.56 Å². The van der Waals surface area contributed by atoms with Gasteiger partial charge >= 0.3 is 5.69 Å². The number of aromatic nitrogens is 4. The highest BCUT2D eigenvalue weighted by atomic mass is 16.2. The smallest absolute Gasteiger partial charge is 0.346 e. The number of rotatable bonds is 7. The summed E-state index contributed by atoms with van der Waals surface area (Å²) in [5, 5.41) is 7.27. The average Bonchev–Trinajstić information content (AvgIpc) is 2.99. The molecule has 0 aliphatic carbocycles. The zero-order valence-electron chi connectivity index (χ0n) is 15.5. The maximum atomic E-state index is 12.5. The highest BCUT2D eigenvalue weighted by molar-refractivity contribution is 5.83. The third kappa shape index (κ3) is 4.13. The molecule has 1 atom stereocenters. The lowest BCUT2D eigenvalue weighted by atomic mass is 9.96. The molecule has 1 aromatic carbocycles. The molecule has 140 valence electrons. The van der Waals surface area contributed by atoms with Crippen LogP contribution in [0.5, 0.6) is 0 Å². The van der Waals surface area contributed by atoms with Gasteiger partial charge in [0, 0.05) is 19.8 Å². The Morgan fingerprint density at radius 2 is 1.89 bits per heavy atom. The number of benzene rings is 1. The van der Waals surface area contributed by atoms with E-state index in [2.05, 4.69) is 15.4 Å². The molecule has 27 heavy (non-hydrogen) atoms. The van der Waals surface area contributed by atoms with Crippen molar-refractivity contribution in [2.45, 2.75) is 25.8 Å². The van der Waals surface area contributed by atoms with Crippen LogP contribution < -0.4 is 11.0 Å². The van der Waals surface area contributed by atoms with Crippen molar-refractivity contribution in [3.05, 3.63) is 70.8 Å². The van der Waals surface area contributed by atoms with Gasteiger partial charge in [-0.25, -0.2) is 9.48 Å². The molecular formula is C20H23N5O2. The molecule has 1 unspecified atom stereocenters. The number of nitrogens with zero attached hydrogens (tertiary/aromatic N) is 4. The van der Waals surface area contributed by atoms with Crippen LogP contribution in [-0.2, 0) is 18.4 Å². The fraction of sp³-hybridized carbons (Fsp3) is 0.300. The molecular weight excluding hydrogens is 342 g/mol. The summed E-state index contributed by atoms with van der Waals surface area (Å²) in [4.78, 5) is 29.1. The molecule has 0 fully saturated rings. The van der Waals surface area contributed by atoms with Gasteiger partial charge in [-0.1, -0.05) is 43.3 Å². The van der Waals surface area contributed by atoms with Crippen LogP contribution in [0.2, 0.25) is 0 Å². The summed E-state index contributed by atoms with van der Waals surface area (Å²) < 4.78 is 2.82. The number of carbonyl (C=O) groups is 1. The minimum Gasteiger partial charge on any atom is -0.354 e. The Morgan fingerprint density at radius 1 is 1.15 bits per heavy atom. The molecule has 7 nitrogen and oxygen atoms in total. The van der Waals surface area contributed by atoms with Crippen LogP contribution in [0.3, 0.4) is 0 Å². The Kier molecular flexibility index (Phi) is 5.80. The Balaban J connectivity index is 1.65. The Labute approximate surface area is 157 Å².